The summed E-state index contributed by atoms with van der Waals surface area (Å²) in [6.07, 6.45) is 4.38. The van der Waals surface area contributed by atoms with Crippen molar-refractivity contribution in [2.75, 3.05) is 6.61 Å². The van der Waals surface area contributed by atoms with E-state index < -0.39 is 0 Å². The van der Waals surface area contributed by atoms with E-state index in [0.29, 0.717) is 23.9 Å². The highest BCUT2D eigenvalue weighted by atomic mass is 16.5. The van der Waals surface area contributed by atoms with Crippen LogP contribution < -0.4 is 5.32 Å². The highest BCUT2D eigenvalue weighted by Crippen LogP contribution is 2.22. The SMILES string of the molecule is CCc1ccc(-c2nc(COCC(=O)NCc3ccncc3)c(C)o2)cc1. The molecule has 0 bridgehead atoms. The number of benzene rings is 1. The van der Waals surface area contributed by atoms with Gasteiger partial charge in [-0.1, -0.05) is 19.1 Å². The Kier molecular flexibility index (Phi) is 6.33. The minimum Gasteiger partial charge on any atom is -0.441 e. The third-order valence-electron chi connectivity index (χ3n) is 4.21. The summed E-state index contributed by atoms with van der Waals surface area (Å²) in [5.41, 5.74) is 3.89. The van der Waals surface area contributed by atoms with Gasteiger partial charge in [0.15, 0.2) is 0 Å². The third-order valence-corrected chi connectivity index (χ3v) is 4.21. The van der Waals surface area contributed by atoms with Crippen molar-refractivity contribution in [3.8, 4) is 11.5 Å². The maximum Gasteiger partial charge on any atom is 0.246 e. The molecule has 6 nitrogen and oxygen atoms in total. The second-order valence-corrected chi connectivity index (χ2v) is 6.20. The zero-order chi connectivity index (χ0) is 19.1. The lowest BCUT2D eigenvalue weighted by Gasteiger charge is -2.05. The molecule has 0 aliphatic carbocycles. The van der Waals surface area contributed by atoms with E-state index in [1.165, 1.54) is 5.56 Å². The van der Waals surface area contributed by atoms with E-state index in [-0.39, 0.29) is 19.1 Å². The molecule has 3 aromatic rings. The first-order chi connectivity index (χ1) is 13.2. The summed E-state index contributed by atoms with van der Waals surface area (Å²) in [6.45, 7) is 4.61. The van der Waals surface area contributed by atoms with E-state index in [0.717, 1.165) is 17.5 Å². The molecule has 1 aromatic carbocycles. The molecule has 1 N–H and O–H groups in total. The third kappa shape index (κ3) is 5.24. The fraction of sp³-hybridized carbons (Fsp3) is 0.286. The van der Waals surface area contributed by atoms with Crippen molar-refractivity contribution in [3.63, 3.8) is 0 Å². The van der Waals surface area contributed by atoms with Crippen LogP contribution in [0.1, 0.15) is 29.5 Å². The van der Waals surface area contributed by atoms with Gasteiger partial charge in [0.25, 0.3) is 0 Å². The molecule has 0 aliphatic rings. The standard InChI is InChI=1S/C21H23N3O3/c1-3-16-4-6-18(7-5-16)21-24-19(15(2)27-21)13-26-14-20(25)23-12-17-8-10-22-11-9-17/h4-11H,3,12-14H2,1-2H3,(H,23,25). The van der Waals surface area contributed by atoms with Gasteiger partial charge >= 0.3 is 0 Å². The average molecular weight is 365 g/mol. The van der Waals surface area contributed by atoms with Gasteiger partial charge in [0.05, 0.1) is 6.61 Å². The molecule has 6 heteroatoms. The van der Waals surface area contributed by atoms with Crippen LogP contribution in [0, 0.1) is 6.92 Å². The molecule has 0 saturated heterocycles. The summed E-state index contributed by atoms with van der Waals surface area (Å²) in [4.78, 5) is 20.3. The second kappa shape index (κ2) is 9.09. The number of aryl methyl sites for hydroxylation is 2. The maximum atomic E-state index is 11.9. The number of aromatic nitrogens is 2. The Balaban J connectivity index is 1.49. The summed E-state index contributed by atoms with van der Waals surface area (Å²) < 4.78 is 11.2. The number of amides is 1. The normalized spacial score (nSPS) is 10.7. The molecule has 27 heavy (non-hydrogen) atoms. The van der Waals surface area contributed by atoms with Crippen LogP contribution in [-0.2, 0) is 29.1 Å². The van der Waals surface area contributed by atoms with E-state index in [2.05, 4.69) is 34.3 Å². The quantitative estimate of drug-likeness (QED) is 0.662. The summed E-state index contributed by atoms with van der Waals surface area (Å²) in [5, 5.41) is 2.81. The fourth-order valence-electron chi connectivity index (χ4n) is 2.56. The maximum absolute atomic E-state index is 11.9. The molecule has 0 fully saturated rings. The lowest BCUT2D eigenvalue weighted by molar-refractivity contribution is -0.126. The van der Waals surface area contributed by atoms with E-state index in [1.807, 2.05) is 31.2 Å². The number of ether oxygens (including phenoxy) is 1. The van der Waals surface area contributed by atoms with Gasteiger partial charge in [0.1, 0.15) is 18.1 Å². The molecule has 1 amide bonds. The van der Waals surface area contributed by atoms with Crippen molar-refractivity contribution < 1.29 is 13.9 Å². The van der Waals surface area contributed by atoms with Crippen molar-refractivity contribution in [2.45, 2.75) is 33.4 Å². The Morgan fingerprint density at radius 1 is 1.11 bits per heavy atom. The van der Waals surface area contributed by atoms with Crippen LogP contribution in [0.25, 0.3) is 11.5 Å². The van der Waals surface area contributed by atoms with Gasteiger partial charge < -0.3 is 14.5 Å². The lowest BCUT2D eigenvalue weighted by atomic mass is 10.1. The first-order valence-electron chi connectivity index (χ1n) is 8.94. The number of carbonyl (C=O) groups is 1. The van der Waals surface area contributed by atoms with Crippen molar-refractivity contribution >= 4 is 5.91 Å². The Morgan fingerprint density at radius 3 is 2.56 bits per heavy atom. The Hall–Kier alpha value is -2.99. The summed E-state index contributed by atoms with van der Waals surface area (Å²) >= 11 is 0. The molecule has 0 aliphatic heterocycles. The van der Waals surface area contributed by atoms with Crippen LogP contribution in [0.5, 0.6) is 0 Å². The zero-order valence-electron chi connectivity index (χ0n) is 15.6. The predicted molar refractivity (Wildman–Crippen MR) is 102 cm³/mol. The Bertz CT molecular complexity index is 873. The van der Waals surface area contributed by atoms with E-state index in [4.69, 9.17) is 9.15 Å². The number of rotatable bonds is 8. The highest BCUT2D eigenvalue weighted by molar-refractivity contribution is 5.77. The second-order valence-electron chi connectivity index (χ2n) is 6.20. The first-order valence-corrected chi connectivity index (χ1v) is 8.94. The molecule has 0 radical (unpaired) electrons. The topological polar surface area (TPSA) is 77.2 Å². The van der Waals surface area contributed by atoms with E-state index in [1.54, 1.807) is 12.4 Å². The molecule has 0 saturated carbocycles. The number of nitrogens with zero attached hydrogens (tertiary/aromatic N) is 2. The van der Waals surface area contributed by atoms with Crippen molar-refractivity contribution in [1.29, 1.82) is 0 Å². The number of pyridine rings is 1. The molecule has 140 valence electrons. The van der Waals surface area contributed by atoms with Crippen LogP contribution in [-0.4, -0.2) is 22.5 Å². The average Bonchev–Trinajstić information content (AvgIpc) is 3.08. The van der Waals surface area contributed by atoms with Gasteiger partial charge in [-0.05, 0) is 48.7 Å². The summed E-state index contributed by atoms with van der Waals surface area (Å²) in [7, 11) is 0. The zero-order valence-corrected chi connectivity index (χ0v) is 15.6. The first kappa shape index (κ1) is 18.8. The molecular weight excluding hydrogens is 342 g/mol. The number of nitrogens with one attached hydrogen (secondary N) is 1. The minimum atomic E-state index is -0.177. The summed E-state index contributed by atoms with van der Waals surface area (Å²) in [5.74, 6) is 1.08. The van der Waals surface area contributed by atoms with Gasteiger partial charge in [-0.2, -0.15) is 0 Å². The molecule has 0 unspecified atom stereocenters. The van der Waals surface area contributed by atoms with Crippen LogP contribution in [0.3, 0.4) is 0 Å². The molecule has 2 aromatic heterocycles. The lowest BCUT2D eigenvalue weighted by Crippen LogP contribution is -2.27. The number of hydrogen-bond donors (Lipinski definition) is 1. The number of carbonyl (C=O) groups excluding carboxylic acids is 1. The molecule has 3 rings (SSSR count). The van der Waals surface area contributed by atoms with Crippen molar-refractivity contribution in [2.24, 2.45) is 0 Å². The Morgan fingerprint density at radius 2 is 1.85 bits per heavy atom. The molecule has 0 atom stereocenters. The van der Waals surface area contributed by atoms with Gasteiger partial charge in [0.2, 0.25) is 11.8 Å². The van der Waals surface area contributed by atoms with Gasteiger partial charge in [-0.15, -0.1) is 0 Å². The molecule has 0 spiro atoms. The van der Waals surface area contributed by atoms with Crippen LogP contribution in [0.2, 0.25) is 0 Å². The summed E-state index contributed by atoms with van der Waals surface area (Å²) in [6, 6.07) is 11.8. The minimum absolute atomic E-state index is 0.0298. The van der Waals surface area contributed by atoms with E-state index >= 15 is 0 Å². The smallest absolute Gasteiger partial charge is 0.246 e. The predicted octanol–water partition coefficient (Wildman–Crippen LogP) is 3.44. The van der Waals surface area contributed by atoms with Crippen molar-refractivity contribution in [1.82, 2.24) is 15.3 Å². The van der Waals surface area contributed by atoms with Gasteiger partial charge in [-0.3, -0.25) is 9.78 Å². The van der Waals surface area contributed by atoms with Crippen LogP contribution in [0.4, 0.5) is 0 Å². The van der Waals surface area contributed by atoms with Gasteiger partial charge in [0, 0.05) is 24.5 Å². The number of oxazole rings is 1. The van der Waals surface area contributed by atoms with Crippen LogP contribution in [0.15, 0.2) is 53.2 Å². The van der Waals surface area contributed by atoms with Crippen molar-refractivity contribution in [3.05, 3.63) is 71.4 Å². The Labute approximate surface area is 158 Å². The molecular formula is C21H23N3O3. The van der Waals surface area contributed by atoms with E-state index in [9.17, 15) is 4.79 Å². The number of hydrogen-bond acceptors (Lipinski definition) is 5. The fourth-order valence-corrected chi connectivity index (χ4v) is 2.56. The highest BCUT2D eigenvalue weighted by Gasteiger charge is 2.12. The largest absolute Gasteiger partial charge is 0.441 e. The van der Waals surface area contributed by atoms with Crippen LogP contribution >= 0.6 is 0 Å². The molecule has 2 heterocycles. The monoisotopic (exact) mass is 365 g/mol. The van der Waals surface area contributed by atoms with Gasteiger partial charge in [-0.25, -0.2) is 4.98 Å².